The number of amides is 1. The number of halogens is 1. The Labute approximate surface area is 148 Å². The number of hydrogen-bond donors (Lipinski definition) is 1. The van der Waals surface area contributed by atoms with Gasteiger partial charge in [-0.2, -0.15) is 0 Å². The maximum atomic E-state index is 12.4. The van der Waals surface area contributed by atoms with Crippen molar-refractivity contribution >= 4 is 56.5 Å². The Bertz CT molecular complexity index is 830. The first-order chi connectivity index (χ1) is 11.0. The Morgan fingerprint density at radius 1 is 1.30 bits per heavy atom. The first-order valence-electron chi connectivity index (χ1n) is 7.12. The van der Waals surface area contributed by atoms with Crippen LogP contribution in [-0.2, 0) is 4.79 Å². The number of fused-ring (bicyclic) bond motifs is 1. The third kappa shape index (κ3) is 3.86. The van der Waals surface area contributed by atoms with E-state index in [1.165, 1.54) is 11.8 Å². The summed E-state index contributed by atoms with van der Waals surface area (Å²) in [6.07, 6.45) is 0. The van der Waals surface area contributed by atoms with E-state index in [-0.39, 0.29) is 11.2 Å². The minimum Gasteiger partial charge on any atom is -0.324 e. The normalized spacial score (nSPS) is 12.3. The molecule has 0 aliphatic carbocycles. The van der Waals surface area contributed by atoms with Crippen LogP contribution in [0.1, 0.15) is 12.5 Å². The van der Waals surface area contributed by atoms with Gasteiger partial charge in [0.15, 0.2) is 4.34 Å². The van der Waals surface area contributed by atoms with Gasteiger partial charge in [0.1, 0.15) is 0 Å². The Balaban J connectivity index is 1.69. The van der Waals surface area contributed by atoms with Gasteiger partial charge in [-0.05, 0) is 43.7 Å². The molecule has 0 saturated carbocycles. The molecule has 1 unspecified atom stereocenters. The molecule has 3 nitrogen and oxygen atoms in total. The number of thiazole rings is 1. The molecule has 6 heteroatoms. The van der Waals surface area contributed by atoms with Crippen molar-refractivity contribution in [3.05, 3.63) is 53.1 Å². The summed E-state index contributed by atoms with van der Waals surface area (Å²) in [7, 11) is 0. The van der Waals surface area contributed by atoms with Crippen LogP contribution in [0.5, 0.6) is 0 Å². The molecule has 0 bridgehead atoms. The van der Waals surface area contributed by atoms with E-state index in [2.05, 4.69) is 10.3 Å². The summed E-state index contributed by atoms with van der Waals surface area (Å²) in [4.78, 5) is 16.9. The highest BCUT2D eigenvalue weighted by atomic mass is 35.5. The molecule has 23 heavy (non-hydrogen) atoms. The predicted octanol–water partition coefficient (Wildman–Crippen LogP) is 5.38. The summed E-state index contributed by atoms with van der Waals surface area (Å²) >= 11 is 9.22. The smallest absolute Gasteiger partial charge is 0.237 e. The van der Waals surface area contributed by atoms with Crippen molar-refractivity contribution in [2.24, 2.45) is 0 Å². The molecule has 0 saturated heterocycles. The van der Waals surface area contributed by atoms with E-state index in [1.54, 1.807) is 11.3 Å². The number of anilines is 1. The number of aromatic nitrogens is 1. The van der Waals surface area contributed by atoms with Gasteiger partial charge in [-0.3, -0.25) is 4.79 Å². The first kappa shape index (κ1) is 16.3. The molecular formula is C17H15ClN2OS2. The number of rotatable bonds is 4. The van der Waals surface area contributed by atoms with Crippen LogP contribution in [0.25, 0.3) is 10.2 Å². The lowest BCUT2D eigenvalue weighted by molar-refractivity contribution is -0.115. The van der Waals surface area contributed by atoms with E-state index < -0.39 is 0 Å². The summed E-state index contributed by atoms with van der Waals surface area (Å²) in [6, 6.07) is 13.6. The number of thioether (sulfide) groups is 1. The molecule has 3 aromatic rings. The second-order valence-corrected chi connectivity index (χ2v) is 8.21. The van der Waals surface area contributed by atoms with Crippen molar-refractivity contribution in [3.63, 3.8) is 0 Å². The standard InChI is InChI=1S/C17H15ClN2OS2/c1-10-7-8-13(12(18)9-10)19-16(21)11(2)22-17-20-14-5-3-4-6-15(14)23-17/h3-9,11H,1-2H3,(H,19,21). The molecule has 0 aliphatic rings. The summed E-state index contributed by atoms with van der Waals surface area (Å²) < 4.78 is 2.02. The molecule has 0 aliphatic heterocycles. The van der Waals surface area contributed by atoms with Gasteiger partial charge in [-0.1, -0.05) is 41.6 Å². The van der Waals surface area contributed by atoms with Crippen LogP contribution in [0.2, 0.25) is 5.02 Å². The maximum absolute atomic E-state index is 12.4. The van der Waals surface area contributed by atoms with Gasteiger partial charge >= 0.3 is 0 Å². The summed E-state index contributed by atoms with van der Waals surface area (Å²) in [6.45, 7) is 3.83. The number of nitrogens with zero attached hydrogens (tertiary/aromatic N) is 1. The van der Waals surface area contributed by atoms with Gasteiger partial charge in [0.05, 0.1) is 26.2 Å². The summed E-state index contributed by atoms with van der Waals surface area (Å²) in [5.41, 5.74) is 2.66. The van der Waals surface area contributed by atoms with E-state index in [0.29, 0.717) is 10.7 Å². The van der Waals surface area contributed by atoms with E-state index in [0.717, 1.165) is 20.1 Å². The Morgan fingerprint density at radius 3 is 2.83 bits per heavy atom. The second-order valence-electron chi connectivity index (χ2n) is 5.18. The third-order valence-corrected chi connectivity index (χ3v) is 5.85. The zero-order chi connectivity index (χ0) is 16.4. The van der Waals surface area contributed by atoms with Gasteiger partial charge in [-0.25, -0.2) is 4.98 Å². The monoisotopic (exact) mass is 362 g/mol. The van der Waals surface area contributed by atoms with E-state index in [9.17, 15) is 4.79 Å². The molecule has 1 amide bonds. The SMILES string of the molecule is Cc1ccc(NC(=O)C(C)Sc2nc3ccccc3s2)c(Cl)c1. The van der Waals surface area contributed by atoms with Crippen molar-refractivity contribution in [1.82, 2.24) is 4.98 Å². The molecule has 0 fully saturated rings. The fraction of sp³-hybridized carbons (Fsp3) is 0.176. The zero-order valence-electron chi connectivity index (χ0n) is 12.7. The van der Waals surface area contributed by atoms with Crippen LogP contribution in [0.15, 0.2) is 46.8 Å². The first-order valence-corrected chi connectivity index (χ1v) is 9.19. The van der Waals surface area contributed by atoms with Crippen molar-refractivity contribution < 1.29 is 4.79 Å². The average Bonchev–Trinajstić information content (AvgIpc) is 2.92. The lowest BCUT2D eigenvalue weighted by atomic mass is 10.2. The van der Waals surface area contributed by atoms with Crippen LogP contribution >= 0.6 is 34.7 Å². The number of benzene rings is 2. The highest BCUT2D eigenvalue weighted by Crippen LogP contribution is 2.32. The van der Waals surface area contributed by atoms with Gasteiger partial charge in [0.25, 0.3) is 0 Å². The van der Waals surface area contributed by atoms with Crippen LogP contribution in [0, 0.1) is 6.92 Å². The molecular weight excluding hydrogens is 348 g/mol. The van der Waals surface area contributed by atoms with Crippen molar-refractivity contribution in [2.45, 2.75) is 23.4 Å². The van der Waals surface area contributed by atoms with Gasteiger partial charge < -0.3 is 5.32 Å². The molecule has 0 spiro atoms. The highest BCUT2D eigenvalue weighted by Gasteiger charge is 2.17. The molecule has 2 aromatic carbocycles. The quantitative estimate of drug-likeness (QED) is 0.634. The Morgan fingerprint density at radius 2 is 2.09 bits per heavy atom. The lowest BCUT2D eigenvalue weighted by Gasteiger charge is -2.12. The fourth-order valence-corrected chi connectivity index (χ4v) is 4.56. The van der Waals surface area contributed by atoms with Crippen LogP contribution < -0.4 is 5.32 Å². The van der Waals surface area contributed by atoms with Crippen LogP contribution in [0.4, 0.5) is 5.69 Å². The molecule has 1 atom stereocenters. The fourth-order valence-electron chi connectivity index (χ4n) is 2.06. The number of para-hydroxylation sites is 1. The van der Waals surface area contributed by atoms with E-state index in [4.69, 9.17) is 11.6 Å². The van der Waals surface area contributed by atoms with Crippen LogP contribution in [-0.4, -0.2) is 16.1 Å². The number of nitrogens with one attached hydrogen (secondary N) is 1. The maximum Gasteiger partial charge on any atom is 0.237 e. The molecule has 1 N–H and O–H groups in total. The van der Waals surface area contributed by atoms with Gasteiger partial charge in [-0.15, -0.1) is 11.3 Å². The van der Waals surface area contributed by atoms with E-state index in [1.807, 2.05) is 56.3 Å². The number of hydrogen-bond acceptors (Lipinski definition) is 4. The molecule has 1 heterocycles. The van der Waals surface area contributed by atoms with Crippen molar-refractivity contribution in [3.8, 4) is 0 Å². The number of carbonyl (C=O) groups is 1. The third-order valence-electron chi connectivity index (χ3n) is 3.30. The summed E-state index contributed by atoms with van der Waals surface area (Å²) in [5.74, 6) is -0.0833. The topological polar surface area (TPSA) is 42.0 Å². The van der Waals surface area contributed by atoms with Gasteiger partial charge in [0.2, 0.25) is 5.91 Å². The largest absolute Gasteiger partial charge is 0.324 e. The van der Waals surface area contributed by atoms with E-state index >= 15 is 0 Å². The molecule has 118 valence electrons. The number of aryl methyl sites for hydroxylation is 1. The summed E-state index contributed by atoms with van der Waals surface area (Å²) in [5, 5.41) is 3.17. The predicted molar refractivity (Wildman–Crippen MR) is 99.8 cm³/mol. The minimum atomic E-state index is -0.257. The minimum absolute atomic E-state index is 0.0833. The second kappa shape index (κ2) is 6.91. The highest BCUT2D eigenvalue weighted by molar-refractivity contribution is 8.02. The van der Waals surface area contributed by atoms with Gasteiger partial charge in [0, 0.05) is 0 Å². The van der Waals surface area contributed by atoms with Crippen molar-refractivity contribution in [1.29, 1.82) is 0 Å². The Kier molecular flexibility index (Phi) is 4.90. The van der Waals surface area contributed by atoms with Crippen LogP contribution in [0.3, 0.4) is 0 Å². The zero-order valence-corrected chi connectivity index (χ0v) is 15.1. The molecule has 0 radical (unpaired) electrons. The Hall–Kier alpha value is -1.56. The molecule has 3 rings (SSSR count). The average molecular weight is 363 g/mol. The lowest BCUT2D eigenvalue weighted by Crippen LogP contribution is -2.22. The van der Waals surface area contributed by atoms with Crippen molar-refractivity contribution in [2.75, 3.05) is 5.32 Å². The molecule has 1 aromatic heterocycles. The number of carbonyl (C=O) groups excluding carboxylic acids is 1.